The van der Waals surface area contributed by atoms with Crippen LogP contribution in [-0.2, 0) is 28.4 Å². The van der Waals surface area contributed by atoms with Crippen LogP contribution in [0.3, 0.4) is 0 Å². The van der Waals surface area contributed by atoms with Crippen LogP contribution >= 0.6 is 0 Å². The van der Waals surface area contributed by atoms with Crippen LogP contribution in [0, 0.1) is 52.3 Å². The van der Waals surface area contributed by atoms with Crippen molar-refractivity contribution in [2.24, 2.45) is 52.3 Å². The summed E-state index contributed by atoms with van der Waals surface area (Å²) in [5.41, 5.74) is 0.0986. The van der Waals surface area contributed by atoms with E-state index in [1.54, 1.807) is 0 Å². The Morgan fingerprint density at radius 2 is 1.45 bits per heavy atom. The Kier molecular flexibility index (Phi) is 9.97. The lowest BCUT2D eigenvalue weighted by molar-refractivity contribution is -0.355. The molecule has 8 fully saturated rings. The van der Waals surface area contributed by atoms with Crippen LogP contribution in [0.5, 0.6) is 0 Å². The minimum atomic E-state index is -1.61. The van der Waals surface area contributed by atoms with Crippen molar-refractivity contribution in [1.82, 2.24) is 0 Å². The first kappa shape index (κ1) is 37.4. The number of hydrogen-bond acceptors (Lipinski definition) is 13. The minimum Gasteiger partial charge on any atom is -0.394 e. The van der Waals surface area contributed by atoms with Crippen molar-refractivity contribution in [3.63, 3.8) is 0 Å². The molecule has 0 aromatic carbocycles. The minimum absolute atomic E-state index is 0.0147. The molecular formula is C38H62O13. The average Bonchev–Trinajstić information content (AvgIpc) is 3.55. The predicted octanol–water partition coefficient (Wildman–Crippen LogP) is 1.05. The van der Waals surface area contributed by atoms with Gasteiger partial charge in [0.05, 0.1) is 38.1 Å². The van der Waals surface area contributed by atoms with Crippen LogP contribution in [0.4, 0.5) is 0 Å². The number of rotatable bonds is 5. The van der Waals surface area contributed by atoms with E-state index in [4.69, 9.17) is 28.4 Å². The molecule has 0 bridgehead atoms. The van der Waals surface area contributed by atoms with Crippen LogP contribution < -0.4 is 0 Å². The molecule has 0 aromatic heterocycles. The van der Waals surface area contributed by atoms with Crippen molar-refractivity contribution in [1.29, 1.82) is 0 Å². The quantitative estimate of drug-likeness (QED) is 0.199. The molecule has 22 atom stereocenters. The Hall–Kier alpha value is -0.520. The maximum Gasteiger partial charge on any atom is 0.186 e. The summed E-state index contributed by atoms with van der Waals surface area (Å²) in [6, 6.07) is 0. The highest BCUT2D eigenvalue weighted by Crippen LogP contribution is 2.71. The van der Waals surface area contributed by atoms with Crippen molar-refractivity contribution >= 4 is 0 Å². The highest BCUT2D eigenvalue weighted by Gasteiger charge is 2.70. The van der Waals surface area contributed by atoms with Gasteiger partial charge < -0.3 is 64.2 Å². The average molecular weight is 727 g/mol. The third kappa shape index (κ3) is 5.90. The van der Waals surface area contributed by atoms with E-state index in [9.17, 15) is 35.7 Å². The summed E-state index contributed by atoms with van der Waals surface area (Å²) in [6.45, 7) is 9.39. The molecule has 4 heterocycles. The maximum absolute atomic E-state index is 11.9. The zero-order valence-corrected chi connectivity index (χ0v) is 30.5. The number of aliphatic hydroxyl groups is 7. The van der Waals surface area contributed by atoms with Gasteiger partial charge in [-0.3, -0.25) is 0 Å². The normalized spacial score (nSPS) is 59.9. The van der Waals surface area contributed by atoms with Crippen LogP contribution in [0.15, 0.2) is 0 Å². The van der Waals surface area contributed by atoms with Gasteiger partial charge in [0.1, 0.15) is 42.7 Å². The van der Waals surface area contributed by atoms with Gasteiger partial charge in [0, 0.05) is 12.3 Å². The first-order valence-electron chi connectivity index (χ1n) is 19.8. The van der Waals surface area contributed by atoms with Crippen molar-refractivity contribution in [2.45, 2.75) is 165 Å². The van der Waals surface area contributed by atoms with Gasteiger partial charge >= 0.3 is 0 Å². The zero-order valence-electron chi connectivity index (χ0n) is 30.5. The molecule has 7 N–H and O–H groups in total. The maximum atomic E-state index is 11.9. The van der Waals surface area contributed by atoms with Crippen molar-refractivity contribution in [3.8, 4) is 0 Å². The van der Waals surface area contributed by atoms with Crippen molar-refractivity contribution in [3.05, 3.63) is 0 Å². The smallest absolute Gasteiger partial charge is 0.186 e. The number of aliphatic hydroxyl groups excluding tert-OH is 7. The molecule has 292 valence electrons. The fourth-order valence-electron chi connectivity index (χ4n) is 13.0. The number of fused-ring (bicyclic) bond motifs is 7. The SMILES string of the molecule is C[C@@H]1CC[C@@]2(OC1)O[C@H]1C[C@H]3[C@@H]4C[C@H](O)[C@H]5C[C@@H](O[C@@H]6O[C@H](CO)[C@@H](O[C@H]7OC[C@H](O)[C@H](O)[C@H]7O)[C@H](O)[C@H]6O)CC[C@]5(C)[C@H]4CC[C@]3(C)[C@H]1[C@@H]2C. The van der Waals surface area contributed by atoms with Crippen LogP contribution in [0.1, 0.15) is 85.5 Å². The molecule has 8 aliphatic rings. The second kappa shape index (κ2) is 13.6. The van der Waals surface area contributed by atoms with Gasteiger partial charge in [0.25, 0.3) is 0 Å². The van der Waals surface area contributed by atoms with Gasteiger partial charge in [-0.2, -0.15) is 0 Å². The molecular weight excluding hydrogens is 664 g/mol. The molecule has 13 nitrogen and oxygen atoms in total. The first-order chi connectivity index (χ1) is 24.2. The molecule has 0 radical (unpaired) electrons. The third-order valence-corrected chi connectivity index (χ3v) is 15.8. The van der Waals surface area contributed by atoms with E-state index in [2.05, 4.69) is 27.7 Å². The summed E-state index contributed by atoms with van der Waals surface area (Å²) in [4.78, 5) is 0. The summed E-state index contributed by atoms with van der Waals surface area (Å²) >= 11 is 0. The van der Waals surface area contributed by atoms with Gasteiger partial charge in [-0.1, -0.05) is 27.7 Å². The molecule has 4 saturated carbocycles. The van der Waals surface area contributed by atoms with Crippen LogP contribution in [0.2, 0.25) is 0 Å². The van der Waals surface area contributed by atoms with E-state index in [1.807, 2.05) is 0 Å². The Balaban J connectivity index is 0.914. The molecule has 0 aromatic rings. The van der Waals surface area contributed by atoms with Crippen LogP contribution in [-0.4, -0.2) is 135 Å². The fraction of sp³-hybridized carbons (Fsp3) is 1.00. The molecule has 4 saturated heterocycles. The predicted molar refractivity (Wildman–Crippen MR) is 178 cm³/mol. The largest absolute Gasteiger partial charge is 0.394 e. The van der Waals surface area contributed by atoms with Gasteiger partial charge in [-0.25, -0.2) is 0 Å². The summed E-state index contributed by atoms with van der Waals surface area (Å²) < 4.78 is 36.7. The Bertz CT molecular complexity index is 1250. The standard InChI is InChI=1S/C38H62O13/c1-17-5-10-38(47-15-17)18(2)28-26(51-38)13-22-20-12-24(40)23-11-19(6-8-36(23,3)21(20)7-9-37(22,28)4)48-35-32(45)30(43)33(27(14-39)49-35)50-34-31(44)29(42)25(41)16-46-34/h17-35,39-45H,5-16H2,1-4H3/t17-,18+,19+,20-,21+,22+,23-,24+,25+,26+,27-,28+,29+,30-,31-,32-,33-,34-,35-,36-,37+,38-/m1/s1. The number of ether oxygens (including phenoxy) is 6. The van der Waals surface area contributed by atoms with E-state index < -0.39 is 73.8 Å². The molecule has 0 amide bonds. The summed E-state index contributed by atoms with van der Waals surface area (Å²) in [6.07, 6.45) is -4.85. The fourth-order valence-corrected chi connectivity index (χ4v) is 13.0. The lowest BCUT2D eigenvalue weighted by atomic mass is 9.43. The van der Waals surface area contributed by atoms with Crippen molar-refractivity contribution < 1.29 is 64.2 Å². The topological polar surface area (TPSA) is 197 Å². The summed E-state index contributed by atoms with van der Waals surface area (Å²) in [7, 11) is 0. The van der Waals surface area contributed by atoms with Gasteiger partial charge in [-0.15, -0.1) is 0 Å². The second-order valence-corrected chi connectivity index (χ2v) is 18.4. The molecule has 13 heteroatoms. The zero-order chi connectivity index (χ0) is 36.2. The van der Waals surface area contributed by atoms with Gasteiger partial charge in [-0.05, 0) is 97.7 Å². The van der Waals surface area contributed by atoms with Crippen LogP contribution in [0.25, 0.3) is 0 Å². The summed E-state index contributed by atoms with van der Waals surface area (Å²) in [5.74, 6) is 2.39. The van der Waals surface area contributed by atoms with E-state index in [1.165, 1.54) is 0 Å². The first-order valence-corrected chi connectivity index (χ1v) is 19.8. The Labute approximate surface area is 300 Å². The molecule has 1 spiro atoms. The lowest BCUT2D eigenvalue weighted by Gasteiger charge is -2.62. The van der Waals surface area contributed by atoms with E-state index in [-0.39, 0.29) is 35.6 Å². The molecule has 4 aliphatic heterocycles. The molecule has 51 heavy (non-hydrogen) atoms. The highest BCUT2D eigenvalue weighted by atomic mass is 16.7. The lowest BCUT2D eigenvalue weighted by Crippen LogP contribution is -2.64. The molecule has 0 unspecified atom stereocenters. The molecule has 8 rings (SSSR count). The second-order valence-electron chi connectivity index (χ2n) is 18.4. The molecule has 4 aliphatic carbocycles. The van der Waals surface area contributed by atoms with E-state index >= 15 is 0 Å². The van der Waals surface area contributed by atoms with Gasteiger partial charge in [0.15, 0.2) is 18.4 Å². The third-order valence-electron chi connectivity index (χ3n) is 15.8. The monoisotopic (exact) mass is 726 g/mol. The van der Waals surface area contributed by atoms with Gasteiger partial charge in [0.2, 0.25) is 0 Å². The van der Waals surface area contributed by atoms with E-state index in [0.717, 1.165) is 51.6 Å². The number of hydrogen-bond donors (Lipinski definition) is 7. The van der Waals surface area contributed by atoms with Crippen molar-refractivity contribution in [2.75, 3.05) is 19.8 Å². The summed E-state index contributed by atoms with van der Waals surface area (Å²) in [5, 5.41) is 74.3. The highest BCUT2D eigenvalue weighted by molar-refractivity contribution is 5.16. The Morgan fingerprint density at radius 1 is 0.706 bits per heavy atom. The van der Waals surface area contributed by atoms with E-state index in [0.29, 0.717) is 48.3 Å². The Morgan fingerprint density at radius 3 is 2.18 bits per heavy atom.